The molecule has 5 heteroatoms. The minimum atomic E-state index is -0.159. The summed E-state index contributed by atoms with van der Waals surface area (Å²) in [7, 11) is 3.20. The topological polar surface area (TPSA) is 47.6 Å². The Bertz CT molecular complexity index is 847. The van der Waals surface area contributed by atoms with Crippen molar-refractivity contribution < 1.29 is 14.3 Å². The van der Waals surface area contributed by atoms with Crippen molar-refractivity contribution in [2.24, 2.45) is 0 Å². The molecule has 1 heterocycles. The summed E-state index contributed by atoms with van der Waals surface area (Å²) in [6.07, 6.45) is 0.238. The van der Waals surface area contributed by atoms with Crippen LogP contribution in [0.3, 0.4) is 0 Å². The minimum Gasteiger partial charge on any atom is -0.497 e. The van der Waals surface area contributed by atoms with Crippen LogP contribution in [0.1, 0.15) is 22.0 Å². The summed E-state index contributed by atoms with van der Waals surface area (Å²) >= 11 is 1.63. The summed E-state index contributed by atoms with van der Waals surface area (Å²) in [5.74, 6) is 1.29. The first kappa shape index (κ1) is 18.0. The molecule has 1 N–H and O–H groups in total. The fourth-order valence-electron chi connectivity index (χ4n) is 2.80. The summed E-state index contributed by atoms with van der Waals surface area (Å²) in [6, 6.07) is 19.3. The number of rotatable bonds is 7. The van der Waals surface area contributed by atoms with Gasteiger partial charge in [-0.25, -0.2) is 0 Å². The van der Waals surface area contributed by atoms with E-state index in [9.17, 15) is 4.79 Å². The van der Waals surface area contributed by atoms with E-state index in [1.807, 2.05) is 60.0 Å². The van der Waals surface area contributed by atoms with Crippen LogP contribution < -0.4 is 14.8 Å². The zero-order chi connectivity index (χ0) is 18.4. The van der Waals surface area contributed by atoms with Crippen LogP contribution in [-0.2, 0) is 11.2 Å². The number of methoxy groups -OCH3 is 2. The smallest absolute Gasteiger partial charge is 0.225 e. The van der Waals surface area contributed by atoms with E-state index >= 15 is 0 Å². The predicted molar refractivity (Wildman–Crippen MR) is 104 cm³/mol. The quantitative estimate of drug-likeness (QED) is 0.680. The summed E-state index contributed by atoms with van der Waals surface area (Å²) < 4.78 is 10.6. The number of carbonyl (C=O) groups is 1. The van der Waals surface area contributed by atoms with Crippen molar-refractivity contribution in [1.82, 2.24) is 5.32 Å². The van der Waals surface area contributed by atoms with Gasteiger partial charge >= 0.3 is 0 Å². The van der Waals surface area contributed by atoms with Crippen molar-refractivity contribution in [3.63, 3.8) is 0 Å². The Balaban J connectivity index is 1.79. The van der Waals surface area contributed by atoms with Crippen LogP contribution in [0, 0.1) is 0 Å². The third-order valence-electron chi connectivity index (χ3n) is 4.11. The second-order valence-corrected chi connectivity index (χ2v) is 6.76. The first-order valence-electron chi connectivity index (χ1n) is 8.30. The van der Waals surface area contributed by atoms with E-state index in [1.54, 1.807) is 31.6 Å². The summed E-state index contributed by atoms with van der Waals surface area (Å²) in [5, 5.41) is 5.17. The molecule has 0 saturated carbocycles. The van der Waals surface area contributed by atoms with Crippen molar-refractivity contribution in [3.8, 4) is 11.5 Å². The molecule has 1 aromatic heterocycles. The lowest BCUT2D eigenvalue weighted by atomic mass is 10.0. The largest absolute Gasteiger partial charge is 0.497 e. The highest BCUT2D eigenvalue weighted by Crippen LogP contribution is 2.28. The first-order valence-corrected chi connectivity index (χ1v) is 9.18. The minimum absolute atomic E-state index is 0.0595. The molecule has 0 fully saturated rings. The van der Waals surface area contributed by atoms with E-state index in [2.05, 4.69) is 5.32 Å². The summed E-state index contributed by atoms with van der Waals surface area (Å²) in [5.41, 5.74) is 1.88. The number of benzene rings is 2. The van der Waals surface area contributed by atoms with Gasteiger partial charge in [0.1, 0.15) is 11.5 Å². The number of nitrogens with one attached hydrogen (secondary N) is 1. The molecule has 0 spiro atoms. The number of hydrogen-bond acceptors (Lipinski definition) is 4. The van der Waals surface area contributed by atoms with E-state index in [4.69, 9.17) is 9.47 Å². The van der Waals surface area contributed by atoms with E-state index in [-0.39, 0.29) is 18.4 Å². The molecule has 0 radical (unpaired) electrons. The molecule has 0 saturated heterocycles. The second kappa shape index (κ2) is 8.54. The van der Waals surface area contributed by atoms with Gasteiger partial charge < -0.3 is 14.8 Å². The monoisotopic (exact) mass is 367 g/mol. The van der Waals surface area contributed by atoms with Crippen LogP contribution in [-0.4, -0.2) is 20.1 Å². The Kier molecular flexibility index (Phi) is 5.92. The van der Waals surface area contributed by atoms with Gasteiger partial charge in [-0.3, -0.25) is 4.79 Å². The van der Waals surface area contributed by atoms with Crippen LogP contribution in [0.4, 0.5) is 0 Å². The molecule has 3 aromatic rings. The summed E-state index contributed by atoms with van der Waals surface area (Å²) in [6.45, 7) is 0. The van der Waals surface area contributed by atoms with Crippen LogP contribution in [0.15, 0.2) is 66.0 Å². The molecule has 1 amide bonds. The average molecular weight is 367 g/mol. The first-order chi connectivity index (χ1) is 12.7. The van der Waals surface area contributed by atoms with E-state index < -0.39 is 0 Å². The van der Waals surface area contributed by atoms with Gasteiger partial charge in [0, 0.05) is 16.5 Å². The van der Waals surface area contributed by atoms with Crippen molar-refractivity contribution in [2.45, 2.75) is 12.5 Å². The molecule has 26 heavy (non-hydrogen) atoms. The molecule has 0 aliphatic heterocycles. The van der Waals surface area contributed by atoms with Crippen LogP contribution in [0.25, 0.3) is 0 Å². The Morgan fingerprint density at radius 3 is 2.50 bits per heavy atom. The fourth-order valence-corrected chi connectivity index (χ4v) is 3.61. The molecule has 0 bridgehead atoms. The van der Waals surface area contributed by atoms with Crippen molar-refractivity contribution in [1.29, 1.82) is 0 Å². The van der Waals surface area contributed by atoms with Gasteiger partial charge in [-0.05, 0) is 23.1 Å². The number of ether oxygens (including phenoxy) is 2. The zero-order valence-corrected chi connectivity index (χ0v) is 15.6. The van der Waals surface area contributed by atoms with Gasteiger partial charge in [0.05, 0.1) is 26.7 Å². The van der Waals surface area contributed by atoms with E-state index in [0.717, 1.165) is 16.0 Å². The molecule has 2 aromatic carbocycles. The zero-order valence-electron chi connectivity index (χ0n) is 14.8. The molecule has 3 rings (SSSR count). The fraction of sp³-hybridized carbons (Fsp3) is 0.190. The maximum absolute atomic E-state index is 12.7. The molecule has 0 aliphatic carbocycles. The van der Waals surface area contributed by atoms with Crippen LogP contribution in [0.5, 0.6) is 11.5 Å². The Morgan fingerprint density at radius 2 is 1.85 bits per heavy atom. The Labute approximate surface area is 157 Å². The lowest BCUT2D eigenvalue weighted by molar-refractivity contribution is -0.120. The second-order valence-electron chi connectivity index (χ2n) is 5.78. The normalized spacial score (nSPS) is 11.6. The van der Waals surface area contributed by atoms with Gasteiger partial charge in [-0.2, -0.15) is 0 Å². The SMILES string of the molecule is COc1ccc(CC(=O)NC(c2ccccc2)c2cccs2)c(OC)c1. The third kappa shape index (κ3) is 4.24. The molecule has 1 atom stereocenters. The highest BCUT2D eigenvalue weighted by molar-refractivity contribution is 7.10. The van der Waals surface area contributed by atoms with Gasteiger partial charge in [0.25, 0.3) is 0 Å². The van der Waals surface area contributed by atoms with E-state index in [1.165, 1.54) is 0 Å². The number of amides is 1. The maximum Gasteiger partial charge on any atom is 0.225 e. The van der Waals surface area contributed by atoms with Gasteiger partial charge in [-0.1, -0.05) is 42.5 Å². The highest BCUT2D eigenvalue weighted by Gasteiger charge is 2.19. The van der Waals surface area contributed by atoms with Crippen LogP contribution in [0.2, 0.25) is 0 Å². The summed E-state index contributed by atoms with van der Waals surface area (Å²) in [4.78, 5) is 13.8. The number of hydrogen-bond donors (Lipinski definition) is 1. The standard InChI is InChI=1S/C21H21NO3S/c1-24-17-11-10-16(18(14-17)25-2)13-20(23)22-21(19-9-6-12-26-19)15-7-4-3-5-8-15/h3-12,14,21H,13H2,1-2H3,(H,22,23). The Hall–Kier alpha value is -2.79. The lowest BCUT2D eigenvalue weighted by Gasteiger charge is -2.19. The molecular weight excluding hydrogens is 346 g/mol. The molecular formula is C21H21NO3S. The molecule has 1 unspecified atom stereocenters. The number of carbonyl (C=O) groups excluding carboxylic acids is 1. The predicted octanol–water partition coefficient (Wildman–Crippen LogP) is 4.21. The number of thiophene rings is 1. The Morgan fingerprint density at radius 1 is 1.04 bits per heavy atom. The lowest BCUT2D eigenvalue weighted by Crippen LogP contribution is -2.30. The van der Waals surface area contributed by atoms with Crippen molar-refractivity contribution >= 4 is 17.2 Å². The van der Waals surface area contributed by atoms with Gasteiger partial charge in [0.15, 0.2) is 0 Å². The average Bonchev–Trinajstić information content (AvgIpc) is 3.21. The van der Waals surface area contributed by atoms with Crippen LogP contribution >= 0.6 is 11.3 Å². The van der Waals surface area contributed by atoms with Gasteiger partial charge in [0.2, 0.25) is 5.91 Å². The van der Waals surface area contributed by atoms with Crippen molar-refractivity contribution in [3.05, 3.63) is 82.0 Å². The molecule has 134 valence electrons. The van der Waals surface area contributed by atoms with Crippen molar-refractivity contribution in [2.75, 3.05) is 14.2 Å². The molecule has 0 aliphatic rings. The highest BCUT2D eigenvalue weighted by atomic mass is 32.1. The third-order valence-corrected chi connectivity index (χ3v) is 5.05. The van der Waals surface area contributed by atoms with Gasteiger partial charge in [-0.15, -0.1) is 11.3 Å². The molecule has 4 nitrogen and oxygen atoms in total. The maximum atomic E-state index is 12.7. The van der Waals surface area contributed by atoms with E-state index in [0.29, 0.717) is 11.5 Å².